The summed E-state index contributed by atoms with van der Waals surface area (Å²) >= 11 is 0. The lowest BCUT2D eigenvalue weighted by Crippen LogP contribution is -2.19. The Bertz CT molecular complexity index is 782. The lowest BCUT2D eigenvalue weighted by molar-refractivity contribution is 0.0600. The van der Waals surface area contributed by atoms with Crippen LogP contribution in [0.2, 0.25) is 0 Å². The van der Waals surface area contributed by atoms with Crippen molar-refractivity contribution in [2.45, 2.75) is 47.6 Å². The number of nitrogens with two attached hydrogens (primary N) is 1. The minimum atomic E-state index is -0.377. The van der Waals surface area contributed by atoms with Crippen LogP contribution in [0.1, 0.15) is 53.6 Å². The number of nitrogens with zero attached hydrogens (tertiary/aromatic N) is 1. The Morgan fingerprint density at radius 3 is 2.11 bits per heavy atom. The van der Waals surface area contributed by atoms with E-state index in [4.69, 9.17) is 15.5 Å². The summed E-state index contributed by atoms with van der Waals surface area (Å²) in [5, 5.41) is 0. The highest BCUT2D eigenvalue weighted by atomic mass is 35.5. The number of benzene rings is 1. The number of aryl methyl sites for hydroxylation is 2. The van der Waals surface area contributed by atoms with E-state index in [9.17, 15) is 4.79 Å². The van der Waals surface area contributed by atoms with Gasteiger partial charge in [-0.05, 0) is 36.8 Å². The molecule has 0 amide bonds. The van der Waals surface area contributed by atoms with E-state index >= 15 is 0 Å². The molecule has 2 rings (SSSR count). The Labute approximate surface area is 174 Å². The highest BCUT2D eigenvalue weighted by molar-refractivity contribution is 5.99. The number of carbonyl (C=O) groups excluding carboxylic acids is 1. The van der Waals surface area contributed by atoms with Crippen LogP contribution < -0.4 is 5.73 Å². The first-order valence-electron chi connectivity index (χ1n) is 8.55. The fourth-order valence-corrected chi connectivity index (χ4v) is 3.06. The van der Waals surface area contributed by atoms with Crippen molar-refractivity contribution in [3.05, 3.63) is 52.3 Å². The summed E-state index contributed by atoms with van der Waals surface area (Å²) in [6.45, 7) is 10.7. The van der Waals surface area contributed by atoms with E-state index in [0.29, 0.717) is 17.8 Å². The van der Waals surface area contributed by atoms with E-state index in [0.717, 1.165) is 28.8 Å². The van der Waals surface area contributed by atoms with Crippen molar-refractivity contribution in [3.63, 3.8) is 0 Å². The molecular weight excluding hydrogens is 383 g/mol. The number of halogens is 2. The Balaban J connectivity index is 0.00000338. The predicted octanol–water partition coefficient (Wildman–Crippen LogP) is 5.04. The second-order valence-corrected chi connectivity index (χ2v) is 7.67. The lowest BCUT2D eigenvalue weighted by Gasteiger charge is -2.23. The molecule has 0 aliphatic carbocycles. The van der Waals surface area contributed by atoms with Gasteiger partial charge in [-0.2, -0.15) is 0 Å². The molecule has 0 fully saturated rings. The van der Waals surface area contributed by atoms with Gasteiger partial charge in [-0.15, -0.1) is 24.8 Å². The van der Waals surface area contributed by atoms with Crippen LogP contribution >= 0.6 is 24.8 Å². The molecule has 0 saturated carbocycles. The molecule has 0 bridgehead atoms. The van der Waals surface area contributed by atoms with Gasteiger partial charge >= 0.3 is 5.97 Å². The van der Waals surface area contributed by atoms with Gasteiger partial charge in [-0.3, -0.25) is 4.98 Å². The molecule has 1 aromatic carbocycles. The second kappa shape index (κ2) is 10.1. The number of carbonyl (C=O) groups is 1. The first-order chi connectivity index (χ1) is 11.7. The highest BCUT2D eigenvalue weighted by Crippen LogP contribution is 2.34. The normalized spacial score (nSPS) is 10.6. The second-order valence-electron chi connectivity index (χ2n) is 7.67. The third kappa shape index (κ3) is 5.93. The van der Waals surface area contributed by atoms with Crippen molar-refractivity contribution >= 4 is 30.8 Å². The topological polar surface area (TPSA) is 65.2 Å². The molecule has 0 aliphatic rings. The van der Waals surface area contributed by atoms with Crippen molar-refractivity contribution < 1.29 is 9.53 Å². The number of hydrogen-bond donors (Lipinski definition) is 1. The molecule has 0 aliphatic heterocycles. The summed E-state index contributed by atoms with van der Waals surface area (Å²) in [6, 6.07) is 8.12. The molecule has 0 spiro atoms. The van der Waals surface area contributed by atoms with Crippen LogP contribution in [0.25, 0.3) is 11.1 Å². The maximum Gasteiger partial charge on any atom is 0.340 e. The number of esters is 1. The number of aromatic nitrogens is 1. The maximum absolute atomic E-state index is 12.5. The smallest absolute Gasteiger partial charge is 0.340 e. The van der Waals surface area contributed by atoms with Crippen LogP contribution in [0, 0.1) is 19.3 Å². The number of pyridine rings is 1. The maximum atomic E-state index is 12.5. The third-order valence-electron chi connectivity index (χ3n) is 4.20. The Morgan fingerprint density at radius 2 is 1.67 bits per heavy atom. The molecule has 6 heteroatoms. The monoisotopic (exact) mass is 412 g/mol. The molecule has 1 aromatic heterocycles. The Morgan fingerprint density at radius 1 is 1.11 bits per heavy atom. The standard InChI is InChI=1S/C21H28N2O2.2ClH/c1-13-7-9-15(10-8-13)19-16(12-22)17(11-21(3,4)5)23-14(2)18(19)20(24)25-6;;/h7-10H,11-12,22H2,1-6H3;2*1H. The fraction of sp³-hybridized carbons (Fsp3) is 0.429. The van der Waals surface area contributed by atoms with Crippen LogP contribution in [0.5, 0.6) is 0 Å². The summed E-state index contributed by atoms with van der Waals surface area (Å²) in [6.07, 6.45) is 0.792. The van der Waals surface area contributed by atoms with Crippen LogP contribution in [-0.2, 0) is 17.7 Å². The van der Waals surface area contributed by atoms with Gasteiger partial charge in [0.1, 0.15) is 0 Å². The molecular formula is C21H30Cl2N2O2. The SMILES string of the molecule is COC(=O)c1c(C)nc(CC(C)(C)C)c(CN)c1-c1ccc(C)cc1.Cl.Cl. The molecule has 27 heavy (non-hydrogen) atoms. The molecule has 2 aromatic rings. The fourth-order valence-electron chi connectivity index (χ4n) is 3.06. The van der Waals surface area contributed by atoms with Crippen LogP contribution in [-0.4, -0.2) is 18.1 Å². The predicted molar refractivity (Wildman–Crippen MR) is 116 cm³/mol. The summed E-state index contributed by atoms with van der Waals surface area (Å²) < 4.78 is 5.02. The molecule has 2 N–H and O–H groups in total. The van der Waals surface area contributed by atoms with Gasteiger partial charge in [0.25, 0.3) is 0 Å². The lowest BCUT2D eigenvalue weighted by atomic mass is 9.85. The van der Waals surface area contributed by atoms with Gasteiger partial charge in [-0.25, -0.2) is 4.79 Å². The number of methoxy groups -OCH3 is 1. The minimum Gasteiger partial charge on any atom is -0.465 e. The molecule has 4 nitrogen and oxygen atoms in total. The quantitative estimate of drug-likeness (QED) is 0.713. The van der Waals surface area contributed by atoms with Crippen LogP contribution in [0.4, 0.5) is 0 Å². The summed E-state index contributed by atoms with van der Waals surface area (Å²) in [5.41, 5.74) is 12.2. The van der Waals surface area contributed by atoms with Crippen molar-refractivity contribution in [3.8, 4) is 11.1 Å². The van der Waals surface area contributed by atoms with Crippen molar-refractivity contribution in [1.82, 2.24) is 4.98 Å². The molecule has 0 radical (unpaired) electrons. The van der Waals surface area contributed by atoms with Crippen molar-refractivity contribution in [1.29, 1.82) is 0 Å². The van der Waals surface area contributed by atoms with Crippen molar-refractivity contribution in [2.24, 2.45) is 11.1 Å². The van der Waals surface area contributed by atoms with Gasteiger partial charge in [0.2, 0.25) is 0 Å². The van der Waals surface area contributed by atoms with E-state index in [1.807, 2.05) is 38.1 Å². The zero-order chi connectivity index (χ0) is 18.8. The average molecular weight is 413 g/mol. The largest absolute Gasteiger partial charge is 0.465 e. The summed E-state index contributed by atoms with van der Waals surface area (Å²) in [7, 11) is 1.39. The van der Waals surface area contributed by atoms with E-state index in [2.05, 4.69) is 20.8 Å². The van der Waals surface area contributed by atoms with Crippen molar-refractivity contribution in [2.75, 3.05) is 7.11 Å². The molecule has 0 saturated heterocycles. The number of ether oxygens (including phenoxy) is 1. The molecule has 0 atom stereocenters. The van der Waals surface area contributed by atoms with Gasteiger partial charge in [0.05, 0.1) is 18.4 Å². The first kappa shape index (κ1) is 25.4. The van der Waals surface area contributed by atoms with Gasteiger partial charge in [0.15, 0.2) is 0 Å². The minimum absolute atomic E-state index is 0. The van der Waals surface area contributed by atoms with E-state index in [1.54, 1.807) is 0 Å². The zero-order valence-corrected chi connectivity index (χ0v) is 18.5. The van der Waals surface area contributed by atoms with E-state index < -0.39 is 0 Å². The van der Waals surface area contributed by atoms with Crippen LogP contribution in [0.3, 0.4) is 0 Å². The molecule has 0 unspecified atom stereocenters. The number of hydrogen-bond acceptors (Lipinski definition) is 4. The Kier molecular flexibility index (Phi) is 9.47. The average Bonchev–Trinajstić information content (AvgIpc) is 2.53. The zero-order valence-electron chi connectivity index (χ0n) is 16.9. The van der Waals surface area contributed by atoms with Gasteiger partial charge in [-0.1, -0.05) is 50.6 Å². The highest BCUT2D eigenvalue weighted by Gasteiger charge is 2.25. The number of rotatable bonds is 4. The summed E-state index contributed by atoms with van der Waals surface area (Å²) in [5.74, 6) is -0.377. The molecule has 1 heterocycles. The van der Waals surface area contributed by atoms with E-state index in [1.165, 1.54) is 12.7 Å². The first-order valence-corrected chi connectivity index (χ1v) is 8.55. The van der Waals surface area contributed by atoms with Gasteiger partial charge < -0.3 is 10.5 Å². The van der Waals surface area contributed by atoms with Gasteiger partial charge in [0, 0.05) is 17.8 Å². The third-order valence-corrected chi connectivity index (χ3v) is 4.20. The molecule has 150 valence electrons. The Hall–Kier alpha value is -1.62. The summed E-state index contributed by atoms with van der Waals surface area (Å²) in [4.78, 5) is 17.2. The van der Waals surface area contributed by atoms with E-state index in [-0.39, 0.29) is 36.2 Å². The van der Waals surface area contributed by atoms with Crippen LogP contribution in [0.15, 0.2) is 24.3 Å².